The molecule has 4 rings (SSSR count). The van der Waals surface area contributed by atoms with Crippen molar-refractivity contribution in [1.82, 2.24) is 4.98 Å². The van der Waals surface area contributed by atoms with Gasteiger partial charge in [0, 0.05) is 5.39 Å². The predicted molar refractivity (Wildman–Crippen MR) is 129 cm³/mol. The first kappa shape index (κ1) is 26.2. The molecule has 4 aromatic rings. The first-order valence-electron chi connectivity index (χ1n) is 9.92. The van der Waals surface area contributed by atoms with E-state index in [9.17, 15) is 13.3 Å². The number of fused-ring (bicyclic) bond motifs is 1. The number of methoxy groups -OCH3 is 1. The molecule has 1 unspecified atom stereocenters. The number of nitrogens with zero attached hydrogens (tertiary/aromatic N) is 1. The van der Waals surface area contributed by atoms with Crippen LogP contribution in [0.3, 0.4) is 0 Å². The molecule has 0 bridgehead atoms. The molecule has 1 amide bonds. The summed E-state index contributed by atoms with van der Waals surface area (Å²) in [6, 6.07) is 18.3. The average Bonchev–Trinajstić information content (AvgIpc) is 3.28. The van der Waals surface area contributed by atoms with Crippen molar-refractivity contribution >= 4 is 58.7 Å². The number of anilines is 1. The fraction of sp³-hybridized carbons (Fsp3) is 0.0870. The van der Waals surface area contributed by atoms with E-state index in [1.54, 1.807) is 12.1 Å². The van der Waals surface area contributed by atoms with Crippen molar-refractivity contribution in [2.75, 3.05) is 12.4 Å². The zero-order valence-electron chi connectivity index (χ0n) is 18.5. The van der Waals surface area contributed by atoms with Gasteiger partial charge in [-0.15, -0.1) is 0 Å². The molecule has 1 atom stereocenters. The van der Waals surface area contributed by atoms with Crippen molar-refractivity contribution in [3.05, 3.63) is 77.4 Å². The number of carbonyl (C=O) groups excluding carboxylic acids is 2. The van der Waals surface area contributed by atoms with E-state index in [-0.39, 0.29) is 21.0 Å². The maximum Gasteiger partial charge on any atom is 0.358 e. The van der Waals surface area contributed by atoms with Crippen molar-refractivity contribution < 1.29 is 35.7 Å². The van der Waals surface area contributed by atoms with E-state index >= 15 is 0 Å². The summed E-state index contributed by atoms with van der Waals surface area (Å²) in [6.45, 7) is 1.35. The minimum atomic E-state index is -4.76. The Hall–Kier alpha value is -3.40. The van der Waals surface area contributed by atoms with Gasteiger partial charge in [-0.25, -0.2) is 9.78 Å². The zero-order valence-corrected chi connectivity index (χ0v) is 21.1. The van der Waals surface area contributed by atoms with E-state index in [1.807, 2.05) is 30.3 Å². The van der Waals surface area contributed by atoms with Gasteiger partial charge in [-0.05, 0) is 24.3 Å². The number of benzene rings is 2. The third-order valence-corrected chi connectivity index (χ3v) is 7.29. The second-order valence-electron chi connectivity index (χ2n) is 7.00. The molecular formula is C23H20AsClN2O8. The van der Waals surface area contributed by atoms with E-state index in [0.717, 1.165) is 11.0 Å². The standard InChI is InChI=1S/C15H10ClNO3.C8H10AsNO5/c1-19-15(18)14-10(16)6-7-11(17-14)13-8-9-4-2-3-5-12(9)20-13;1-6(11)10-8-4-2-7(3-5-8)9(12,13)15-14/h2-8H,1H3;2-5,14H,1H3,(H,10,11)(H,12,13). The van der Waals surface area contributed by atoms with Gasteiger partial charge in [-0.2, -0.15) is 0 Å². The quantitative estimate of drug-likeness (QED) is 0.143. The molecule has 0 fully saturated rings. The van der Waals surface area contributed by atoms with Gasteiger partial charge in [-0.1, -0.05) is 29.8 Å². The smallest absolute Gasteiger partial charge is 0.358 e. The number of pyridine rings is 1. The summed E-state index contributed by atoms with van der Waals surface area (Å²) in [5.74, 6) is -0.236. The molecule has 2 aromatic carbocycles. The number of hydrogen-bond acceptors (Lipinski definition) is 8. The van der Waals surface area contributed by atoms with Crippen LogP contribution in [0.15, 0.2) is 71.1 Å². The first-order valence-corrected chi connectivity index (χ1v) is 13.6. The third-order valence-electron chi connectivity index (χ3n) is 4.53. The Bertz CT molecular complexity index is 1370. The van der Waals surface area contributed by atoms with Gasteiger partial charge in [0.05, 0.1) is 12.1 Å². The van der Waals surface area contributed by atoms with Gasteiger partial charge in [-0.3, -0.25) is 0 Å². The summed E-state index contributed by atoms with van der Waals surface area (Å²) in [5, 5.41) is 11.9. The van der Waals surface area contributed by atoms with Crippen LogP contribution in [0, 0.1) is 0 Å². The van der Waals surface area contributed by atoms with Crippen LogP contribution in [-0.4, -0.2) is 47.5 Å². The minimum absolute atomic E-state index is 0.00438. The Morgan fingerprint density at radius 3 is 2.37 bits per heavy atom. The van der Waals surface area contributed by atoms with Crippen LogP contribution in [-0.2, 0) is 17.1 Å². The van der Waals surface area contributed by atoms with Crippen LogP contribution in [0.25, 0.3) is 22.4 Å². The van der Waals surface area contributed by atoms with E-state index in [0.29, 0.717) is 17.1 Å². The molecular weight excluding hydrogens is 543 g/mol. The molecule has 3 N–H and O–H groups in total. The molecule has 10 nitrogen and oxygen atoms in total. The Kier molecular flexibility index (Phi) is 8.50. The van der Waals surface area contributed by atoms with Crippen molar-refractivity contribution in [2.45, 2.75) is 6.92 Å². The molecule has 0 aliphatic carbocycles. The van der Waals surface area contributed by atoms with Gasteiger partial charge in [0.25, 0.3) is 0 Å². The van der Waals surface area contributed by atoms with Gasteiger partial charge < -0.3 is 9.15 Å². The Labute approximate surface area is 207 Å². The summed E-state index contributed by atoms with van der Waals surface area (Å²) < 4.78 is 34.2. The monoisotopic (exact) mass is 562 g/mol. The molecule has 182 valence electrons. The van der Waals surface area contributed by atoms with E-state index < -0.39 is 20.1 Å². The number of hydrogen-bond donors (Lipinski definition) is 3. The Morgan fingerprint density at radius 1 is 1.09 bits per heavy atom. The largest absolute Gasteiger partial charge is 0.464 e. The molecule has 2 heterocycles. The summed E-state index contributed by atoms with van der Waals surface area (Å²) in [5.41, 5.74) is 1.87. The molecule has 0 aliphatic heterocycles. The zero-order chi connectivity index (χ0) is 25.6. The number of halogens is 1. The SMILES string of the molecule is CC(=O)Nc1ccc([As](=O)(O)OO)cc1.COC(=O)c1nc(-c2cc3ccccc3o2)ccc1Cl. The minimum Gasteiger partial charge on any atom is -0.464 e. The van der Waals surface area contributed by atoms with Crippen LogP contribution < -0.4 is 9.67 Å². The van der Waals surface area contributed by atoms with Crippen molar-refractivity contribution in [3.8, 4) is 11.5 Å². The fourth-order valence-electron chi connectivity index (χ4n) is 2.91. The second kappa shape index (κ2) is 11.3. The first-order chi connectivity index (χ1) is 16.6. The molecule has 0 saturated heterocycles. The van der Waals surface area contributed by atoms with Crippen LogP contribution >= 0.6 is 11.6 Å². The van der Waals surface area contributed by atoms with Crippen LogP contribution in [0.1, 0.15) is 17.4 Å². The third kappa shape index (κ3) is 6.60. The summed E-state index contributed by atoms with van der Waals surface area (Å²) in [4.78, 5) is 26.5. The summed E-state index contributed by atoms with van der Waals surface area (Å²) in [6.07, 6.45) is 0. The molecule has 35 heavy (non-hydrogen) atoms. The number of nitrogens with one attached hydrogen (secondary N) is 1. The molecule has 0 aliphatic rings. The summed E-state index contributed by atoms with van der Waals surface area (Å²) in [7, 11) is 1.29. The van der Waals surface area contributed by atoms with Crippen LogP contribution in [0.5, 0.6) is 0 Å². The van der Waals surface area contributed by atoms with Crippen molar-refractivity contribution in [3.63, 3.8) is 0 Å². The summed E-state index contributed by atoms with van der Waals surface area (Å²) >= 11 is 1.18. The number of amides is 1. The maximum atomic E-state index is 11.6. The van der Waals surface area contributed by atoms with Crippen molar-refractivity contribution in [2.24, 2.45) is 0 Å². The number of aromatic nitrogens is 1. The molecule has 2 aromatic heterocycles. The fourth-order valence-corrected chi connectivity index (χ4v) is 4.39. The molecule has 0 saturated carbocycles. The van der Waals surface area contributed by atoms with Gasteiger partial charge >= 0.3 is 94.4 Å². The normalized spacial score (nSPS) is 12.3. The second-order valence-corrected chi connectivity index (χ2v) is 11.0. The van der Waals surface area contributed by atoms with Crippen LogP contribution in [0.2, 0.25) is 5.02 Å². The van der Waals surface area contributed by atoms with Gasteiger partial charge in [0.1, 0.15) is 11.3 Å². The van der Waals surface area contributed by atoms with Crippen molar-refractivity contribution in [1.29, 1.82) is 0 Å². The average molecular weight is 563 g/mol. The van der Waals surface area contributed by atoms with E-state index in [1.165, 1.54) is 38.3 Å². The van der Waals surface area contributed by atoms with Gasteiger partial charge in [0.15, 0.2) is 11.5 Å². The number of ether oxygens (including phenoxy) is 1. The van der Waals surface area contributed by atoms with E-state index in [4.69, 9.17) is 25.4 Å². The van der Waals surface area contributed by atoms with E-state index in [2.05, 4.69) is 18.9 Å². The number of furan rings is 1. The molecule has 12 heteroatoms. The predicted octanol–water partition coefficient (Wildman–Crippen LogP) is 3.64. The molecule has 0 spiro atoms. The molecule has 0 radical (unpaired) electrons. The Balaban J connectivity index is 0.000000205. The van der Waals surface area contributed by atoms with Gasteiger partial charge in [0.2, 0.25) is 0 Å². The van der Waals surface area contributed by atoms with Crippen LogP contribution in [0.4, 0.5) is 5.69 Å². The number of esters is 1. The number of carbonyl (C=O) groups is 2. The number of para-hydroxylation sites is 1. The Morgan fingerprint density at radius 2 is 1.77 bits per heavy atom. The topological polar surface area (TPSA) is 148 Å². The maximum absolute atomic E-state index is 11.6. The number of rotatable bonds is 5.